The van der Waals surface area contributed by atoms with Crippen LogP contribution in [0.3, 0.4) is 0 Å². The van der Waals surface area contributed by atoms with E-state index in [4.69, 9.17) is 11.5 Å². The number of rotatable bonds is 0. The molecule has 2 nitrogen and oxygen atoms in total. The van der Waals surface area contributed by atoms with Gasteiger partial charge in [0.2, 0.25) is 0 Å². The quantitative estimate of drug-likeness (QED) is 0.431. The molecule has 3 heteroatoms. The second-order valence-corrected chi connectivity index (χ2v) is 2.73. The van der Waals surface area contributed by atoms with Crippen molar-refractivity contribution in [2.24, 2.45) is 0 Å². The second kappa shape index (κ2) is 3.76. The zero-order valence-electron chi connectivity index (χ0n) is 6.87. The second-order valence-electron chi connectivity index (χ2n) is 2.73. The number of hydrogen-bond acceptors (Lipinski definition) is 2. The Morgan fingerprint density at radius 2 is 1.77 bits per heavy atom. The van der Waals surface area contributed by atoms with E-state index >= 15 is 0 Å². The van der Waals surface area contributed by atoms with Gasteiger partial charge in [-0.05, 0) is 11.4 Å². The van der Waals surface area contributed by atoms with Crippen LogP contribution < -0.4 is 11.5 Å². The predicted molar refractivity (Wildman–Crippen MR) is 51.6 cm³/mol. The van der Waals surface area contributed by atoms with Crippen molar-refractivity contribution >= 4 is 22.1 Å². The van der Waals surface area contributed by atoms with Crippen LogP contribution in [0, 0.1) is 6.07 Å². The zero-order chi connectivity index (χ0) is 8.55. The van der Waals surface area contributed by atoms with Gasteiger partial charge in [-0.2, -0.15) is 0 Å². The summed E-state index contributed by atoms with van der Waals surface area (Å²) in [7, 11) is 0. The topological polar surface area (TPSA) is 52.0 Å². The van der Waals surface area contributed by atoms with Gasteiger partial charge in [0, 0.05) is 19.5 Å². The van der Waals surface area contributed by atoms with Crippen molar-refractivity contribution in [2.45, 2.75) is 0 Å². The van der Waals surface area contributed by atoms with E-state index in [9.17, 15) is 0 Å². The fourth-order valence-corrected chi connectivity index (χ4v) is 1.20. The van der Waals surface area contributed by atoms with Gasteiger partial charge in [0.05, 0.1) is 0 Å². The summed E-state index contributed by atoms with van der Waals surface area (Å²) in [5.74, 6) is 0. The molecule has 0 aromatic heterocycles. The molecule has 2 aromatic rings. The molecule has 0 spiro atoms. The fourth-order valence-electron chi connectivity index (χ4n) is 1.20. The average molecular weight is 260 g/mol. The number of nitrogen functional groups attached to an aromatic ring is 2. The molecule has 69 valence electrons. The Hall–Kier alpha value is -1.08. The van der Waals surface area contributed by atoms with Crippen molar-refractivity contribution in [2.75, 3.05) is 11.5 Å². The van der Waals surface area contributed by atoms with Crippen molar-refractivity contribution < 1.29 is 19.5 Å². The van der Waals surface area contributed by atoms with Crippen molar-refractivity contribution in [3.05, 3.63) is 36.4 Å². The molecular formula is C10H9N2Rh-. The SMILES string of the molecule is Nc1[c-]c2ccccc2cc1N.[Rh]. The van der Waals surface area contributed by atoms with E-state index in [0.717, 1.165) is 10.8 Å². The van der Waals surface area contributed by atoms with Crippen LogP contribution in [0.5, 0.6) is 0 Å². The summed E-state index contributed by atoms with van der Waals surface area (Å²) >= 11 is 0. The van der Waals surface area contributed by atoms with Crippen LogP contribution in [0.15, 0.2) is 30.3 Å². The Morgan fingerprint density at radius 1 is 1.08 bits per heavy atom. The molecule has 0 saturated heterocycles. The molecule has 0 heterocycles. The molecule has 0 atom stereocenters. The molecule has 0 saturated carbocycles. The molecule has 0 fully saturated rings. The van der Waals surface area contributed by atoms with Crippen molar-refractivity contribution in [1.82, 2.24) is 0 Å². The summed E-state index contributed by atoms with van der Waals surface area (Å²) in [6.07, 6.45) is 0. The number of hydrogen-bond donors (Lipinski definition) is 2. The van der Waals surface area contributed by atoms with E-state index in [1.807, 2.05) is 30.3 Å². The van der Waals surface area contributed by atoms with E-state index in [2.05, 4.69) is 6.07 Å². The smallest absolute Gasteiger partial charge is 0 e. The van der Waals surface area contributed by atoms with Crippen LogP contribution >= 0.6 is 0 Å². The molecule has 0 unspecified atom stereocenters. The summed E-state index contributed by atoms with van der Waals surface area (Å²) in [4.78, 5) is 0. The molecule has 13 heavy (non-hydrogen) atoms. The van der Waals surface area contributed by atoms with Gasteiger partial charge < -0.3 is 11.5 Å². The molecule has 0 amide bonds. The van der Waals surface area contributed by atoms with Crippen LogP contribution in [0.25, 0.3) is 10.8 Å². The molecule has 2 aromatic carbocycles. The molecular weight excluding hydrogens is 251 g/mol. The fraction of sp³-hybridized carbons (Fsp3) is 0. The van der Waals surface area contributed by atoms with E-state index in [-0.39, 0.29) is 19.5 Å². The number of benzene rings is 2. The van der Waals surface area contributed by atoms with Gasteiger partial charge in [0.25, 0.3) is 0 Å². The van der Waals surface area contributed by atoms with Crippen molar-refractivity contribution in [3.63, 3.8) is 0 Å². The Kier molecular flexibility index (Phi) is 2.89. The van der Waals surface area contributed by atoms with Gasteiger partial charge in [0.1, 0.15) is 0 Å². The van der Waals surface area contributed by atoms with Crippen molar-refractivity contribution in [3.8, 4) is 0 Å². The summed E-state index contributed by atoms with van der Waals surface area (Å²) < 4.78 is 0. The van der Waals surface area contributed by atoms with Gasteiger partial charge in [-0.3, -0.25) is 0 Å². The largest absolute Gasteiger partial charge is 0.435 e. The zero-order valence-corrected chi connectivity index (χ0v) is 8.51. The van der Waals surface area contributed by atoms with E-state index in [1.165, 1.54) is 0 Å². The number of anilines is 2. The third kappa shape index (κ3) is 1.81. The molecule has 0 aliphatic heterocycles. The van der Waals surface area contributed by atoms with Gasteiger partial charge in [-0.15, -0.1) is 35.0 Å². The maximum absolute atomic E-state index is 5.63. The van der Waals surface area contributed by atoms with E-state index in [0.29, 0.717) is 11.4 Å². The first-order valence-electron chi connectivity index (χ1n) is 3.73. The summed E-state index contributed by atoms with van der Waals surface area (Å²) in [6, 6.07) is 12.7. The summed E-state index contributed by atoms with van der Waals surface area (Å²) in [5.41, 5.74) is 12.3. The molecule has 4 N–H and O–H groups in total. The maximum Gasteiger partial charge on any atom is 0 e. The van der Waals surface area contributed by atoms with E-state index in [1.54, 1.807) is 0 Å². The standard InChI is InChI=1S/C10H9N2.Rh/c11-9-5-7-3-1-2-4-8(7)6-10(9)12;/h1-5H,11-12H2;/q-1;. The van der Waals surface area contributed by atoms with Crippen LogP contribution in [0.4, 0.5) is 11.4 Å². The van der Waals surface area contributed by atoms with Gasteiger partial charge >= 0.3 is 0 Å². The summed E-state index contributed by atoms with van der Waals surface area (Å²) in [6.45, 7) is 0. The van der Waals surface area contributed by atoms with Gasteiger partial charge in [0.15, 0.2) is 0 Å². The third-order valence-electron chi connectivity index (χ3n) is 1.85. The molecule has 1 radical (unpaired) electrons. The monoisotopic (exact) mass is 260 g/mol. The molecule has 2 rings (SSSR count). The predicted octanol–water partition coefficient (Wildman–Crippen LogP) is 1.80. The Balaban J connectivity index is 0.000000845. The number of fused-ring (bicyclic) bond motifs is 1. The van der Waals surface area contributed by atoms with Crippen molar-refractivity contribution in [1.29, 1.82) is 0 Å². The van der Waals surface area contributed by atoms with Crippen LogP contribution in [0.2, 0.25) is 0 Å². The average Bonchev–Trinajstić information content (AvgIpc) is 2.07. The maximum atomic E-state index is 5.63. The normalized spacial score (nSPS) is 9.54. The van der Waals surface area contributed by atoms with Crippen LogP contribution in [-0.4, -0.2) is 0 Å². The minimum absolute atomic E-state index is 0. The first-order valence-corrected chi connectivity index (χ1v) is 3.73. The molecule has 0 bridgehead atoms. The number of nitrogens with two attached hydrogens (primary N) is 2. The first kappa shape index (κ1) is 10.0. The first-order chi connectivity index (χ1) is 5.77. The van der Waals surface area contributed by atoms with Crippen LogP contribution in [0.1, 0.15) is 0 Å². The Labute approximate surface area is 89.7 Å². The van der Waals surface area contributed by atoms with E-state index < -0.39 is 0 Å². The van der Waals surface area contributed by atoms with Crippen LogP contribution in [-0.2, 0) is 19.5 Å². The Bertz CT molecular complexity index is 386. The Morgan fingerprint density at radius 3 is 2.54 bits per heavy atom. The third-order valence-corrected chi connectivity index (χ3v) is 1.85. The molecule has 0 aliphatic rings. The summed E-state index contributed by atoms with van der Waals surface area (Å²) in [5, 5.41) is 2.08. The molecule has 0 aliphatic carbocycles. The minimum atomic E-state index is 0. The minimum Gasteiger partial charge on any atom is -0.435 e. The van der Waals surface area contributed by atoms with Gasteiger partial charge in [-0.25, -0.2) is 0 Å². The van der Waals surface area contributed by atoms with Gasteiger partial charge in [-0.1, -0.05) is 12.1 Å².